The number of amides is 1. The van der Waals surface area contributed by atoms with Crippen LogP contribution < -0.4 is 15.5 Å². The molecule has 1 unspecified atom stereocenters. The van der Waals surface area contributed by atoms with Crippen LogP contribution in [0.3, 0.4) is 0 Å². The van der Waals surface area contributed by atoms with Crippen molar-refractivity contribution in [1.82, 2.24) is 20.2 Å². The van der Waals surface area contributed by atoms with E-state index < -0.39 is 6.35 Å². The second kappa shape index (κ2) is 7.94. The zero-order valence-corrected chi connectivity index (χ0v) is 17.8. The van der Waals surface area contributed by atoms with Gasteiger partial charge in [0, 0.05) is 24.5 Å². The third-order valence-electron chi connectivity index (χ3n) is 6.66. The minimum Gasteiger partial charge on any atom is -0.361 e. The van der Waals surface area contributed by atoms with Crippen molar-refractivity contribution in [3.63, 3.8) is 0 Å². The Balaban J connectivity index is 1.49. The van der Waals surface area contributed by atoms with E-state index >= 15 is 0 Å². The lowest BCUT2D eigenvalue weighted by Gasteiger charge is -2.49. The second-order valence-electron chi connectivity index (χ2n) is 8.66. The molecule has 160 valence electrons. The SMILES string of the molecule is CC(=O)Nc1ncc(N2C[C@]3(CC[C@](c4ccccc4)(N(C)C)CC3)NC2O)cn1. The fourth-order valence-corrected chi connectivity index (χ4v) is 4.92. The zero-order valence-electron chi connectivity index (χ0n) is 17.8. The van der Waals surface area contributed by atoms with E-state index in [4.69, 9.17) is 0 Å². The molecule has 0 radical (unpaired) electrons. The third-order valence-corrected chi connectivity index (χ3v) is 6.66. The minimum absolute atomic E-state index is 0.00960. The summed E-state index contributed by atoms with van der Waals surface area (Å²) in [6, 6.07) is 10.7. The Hall–Kier alpha value is -2.55. The molecule has 3 N–H and O–H groups in total. The first-order valence-corrected chi connectivity index (χ1v) is 10.4. The Morgan fingerprint density at radius 3 is 2.37 bits per heavy atom. The summed E-state index contributed by atoms with van der Waals surface area (Å²) in [6.45, 7) is 2.11. The van der Waals surface area contributed by atoms with Crippen molar-refractivity contribution in [2.24, 2.45) is 0 Å². The average molecular weight is 411 g/mol. The van der Waals surface area contributed by atoms with Crippen LogP contribution in [0.5, 0.6) is 0 Å². The van der Waals surface area contributed by atoms with Gasteiger partial charge in [0.2, 0.25) is 11.9 Å². The van der Waals surface area contributed by atoms with Gasteiger partial charge in [0.25, 0.3) is 0 Å². The first kappa shape index (κ1) is 20.7. The minimum atomic E-state index is -0.788. The van der Waals surface area contributed by atoms with Gasteiger partial charge in [-0.2, -0.15) is 0 Å². The highest BCUT2D eigenvalue weighted by Gasteiger charge is 2.50. The molecule has 1 saturated carbocycles. The molecule has 2 heterocycles. The Bertz CT molecular complexity index is 878. The van der Waals surface area contributed by atoms with E-state index in [9.17, 15) is 9.90 Å². The van der Waals surface area contributed by atoms with Crippen LogP contribution in [-0.2, 0) is 10.3 Å². The Kier molecular flexibility index (Phi) is 5.48. The highest BCUT2D eigenvalue weighted by Crippen LogP contribution is 2.46. The van der Waals surface area contributed by atoms with Crippen molar-refractivity contribution < 1.29 is 9.90 Å². The van der Waals surface area contributed by atoms with Crippen LogP contribution in [0.2, 0.25) is 0 Å². The highest BCUT2D eigenvalue weighted by molar-refractivity contribution is 5.86. The first-order chi connectivity index (χ1) is 14.3. The molecule has 1 aromatic carbocycles. The smallest absolute Gasteiger partial charge is 0.229 e. The van der Waals surface area contributed by atoms with Crippen LogP contribution in [0, 0.1) is 0 Å². The number of benzene rings is 1. The number of hydrogen-bond acceptors (Lipinski definition) is 7. The summed E-state index contributed by atoms with van der Waals surface area (Å²) in [5, 5.41) is 16.7. The lowest BCUT2D eigenvalue weighted by molar-refractivity contribution is -0.114. The molecule has 1 aliphatic carbocycles. The van der Waals surface area contributed by atoms with Gasteiger partial charge in [-0.15, -0.1) is 0 Å². The lowest BCUT2D eigenvalue weighted by Crippen LogP contribution is -2.54. The number of carbonyl (C=O) groups is 1. The van der Waals surface area contributed by atoms with E-state index in [0.29, 0.717) is 6.54 Å². The Morgan fingerprint density at radius 1 is 1.17 bits per heavy atom. The standard InChI is InChI=1S/C22H30N6O2/c1-16(29)25-19-23-13-18(14-24-19)28-15-21(26-20(28)30)9-11-22(12-10-21,27(2)3)17-7-5-4-6-8-17/h4-8,13-14,20,26,30H,9-12,15H2,1-3H3,(H,23,24,25,29)/t20?,21-,22+. The molecule has 2 aliphatic rings. The molecular formula is C22H30N6O2. The summed E-state index contributed by atoms with van der Waals surface area (Å²) in [7, 11) is 4.31. The van der Waals surface area contributed by atoms with Gasteiger partial charge in [-0.05, 0) is 45.3 Å². The van der Waals surface area contributed by atoms with Gasteiger partial charge in [0.15, 0.2) is 6.35 Å². The van der Waals surface area contributed by atoms with Crippen molar-refractivity contribution in [2.75, 3.05) is 30.9 Å². The second-order valence-corrected chi connectivity index (χ2v) is 8.66. The normalized spacial score (nSPS) is 28.8. The molecule has 1 spiro atoms. The molecule has 1 amide bonds. The molecule has 30 heavy (non-hydrogen) atoms. The molecule has 8 heteroatoms. The monoisotopic (exact) mass is 410 g/mol. The van der Waals surface area contributed by atoms with Gasteiger partial charge in [0.05, 0.1) is 18.1 Å². The number of nitrogens with zero attached hydrogens (tertiary/aromatic N) is 4. The van der Waals surface area contributed by atoms with Crippen molar-refractivity contribution in [1.29, 1.82) is 0 Å². The number of aliphatic hydroxyl groups is 1. The van der Waals surface area contributed by atoms with E-state index in [1.807, 2.05) is 4.90 Å². The maximum absolute atomic E-state index is 11.2. The summed E-state index contributed by atoms with van der Waals surface area (Å²) in [5.41, 5.74) is 1.94. The first-order valence-electron chi connectivity index (χ1n) is 10.4. The van der Waals surface area contributed by atoms with Gasteiger partial charge in [-0.25, -0.2) is 9.97 Å². The molecule has 2 aromatic rings. The van der Waals surface area contributed by atoms with E-state index in [1.54, 1.807) is 12.4 Å². The number of aliphatic hydroxyl groups excluding tert-OH is 1. The topological polar surface area (TPSA) is 93.6 Å². The van der Waals surface area contributed by atoms with Crippen molar-refractivity contribution in [3.05, 3.63) is 48.3 Å². The van der Waals surface area contributed by atoms with Crippen LogP contribution in [0.4, 0.5) is 11.6 Å². The average Bonchev–Trinajstić information content (AvgIpc) is 3.05. The van der Waals surface area contributed by atoms with Gasteiger partial charge in [-0.3, -0.25) is 20.3 Å². The van der Waals surface area contributed by atoms with E-state index in [2.05, 4.69) is 69.9 Å². The van der Waals surface area contributed by atoms with Crippen molar-refractivity contribution in [2.45, 2.75) is 50.0 Å². The number of anilines is 2. The molecule has 1 saturated heterocycles. The lowest BCUT2D eigenvalue weighted by atomic mass is 9.69. The maximum Gasteiger partial charge on any atom is 0.229 e. The Labute approximate surface area is 177 Å². The summed E-state index contributed by atoms with van der Waals surface area (Å²) in [6.07, 6.45) is 6.42. The molecule has 1 aromatic heterocycles. The fourth-order valence-electron chi connectivity index (χ4n) is 4.92. The summed E-state index contributed by atoms with van der Waals surface area (Å²) in [5.74, 6) is 0.0495. The summed E-state index contributed by atoms with van der Waals surface area (Å²) < 4.78 is 0. The van der Waals surface area contributed by atoms with E-state index in [1.165, 1.54) is 12.5 Å². The van der Waals surface area contributed by atoms with Crippen LogP contribution in [0.15, 0.2) is 42.7 Å². The summed E-state index contributed by atoms with van der Waals surface area (Å²) >= 11 is 0. The van der Waals surface area contributed by atoms with Crippen LogP contribution in [0.1, 0.15) is 38.2 Å². The molecule has 1 aliphatic heterocycles. The quantitative estimate of drug-likeness (QED) is 0.709. The Morgan fingerprint density at radius 2 is 1.80 bits per heavy atom. The predicted octanol–water partition coefficient (Wildman–Crippen LogP) is 1.89. The van der Waals surface area contributed by atoms with Gasteiger partial charge in [0.1, 0.15) is 0 Å². The van der Waals surface area contributed by atoms with Crippen LogP contribution >= 0.6 is 0 Å². The maximum atomic E-state index is 11.2. The largest absolute Gasteiger partial charge is 0.361 e. The summed E-state index contributed by atoms with van der Waals surface area (Å²) in [4.78, 5) is 23.8. The van der Waals surface area contributed by atoms with E-state index in [0.717, 1.165) is 31.4 Å². The highest BCUT2D eigenvalue weighted by atomic mass is 16.3. The molecule has 2 fully saturated rings. The fraction of sp³-hybridized carbons (Fsp3) is 0.500. The van der Waals surface area contributed by atoms with Gasteiger partial charge < -0.3 is 10.0 Å². The molecule has 1 atom stereocenters. The third kappa shape index (κ3) is 3.78. The van der Waals surface area contributed by atoms with Crippen LogP contribution in [0.25, 0.3) is 0 Å². The van der Waals surface area contributed by atoms with Gasteiger partial charge >= 0.3 is 0 Å². The molecule has 4 rings (SSSR count). The van der Waals surface area contributed by atoms with Crippen molar-refractivity contribution >= 4 is 17.5 Å². The van der Waals surface area contributed by atoms with Gasteiger partial charge in [-0.1, -0.05) is 30.3 Å². The number of nitrogens with one attached hydrogen (secondary N) is 2. The van der Waals surface area contributed by atoms with Crippen molar-refractivity contribution in [3.8, 4) is 0 Å². The predicted molar refractivity (Wildman–Crippen MR) is 116 cm³/mol. The zero-order chi connectivity index (χ0) is 21.4. The molecule has 0 bridgehead atoms. The number of aromatic nitrogens is 2. The number of carbonyl (C=O) groups excluding carboxylic acids is 1. The number of hydrogen-bond donors (Lipinski definition) is 3. The molecule has 8 nitrogen and oxygen atoms in total. The molecular weight excluding hydrogens is 380 g/mol. The van der Waals surface area contributed by atoms with Crippen LogP contribution in [-0.4, -0.2) is 58.4 Å². The number of rotatable bonds is 4. The van der Waals surface area contributed by atoms with E-state index in [-0.39, 0.29) is 22.9 Å².